The molecule has 1 aromatic heterocycles. The fourth-order valence-corrected chi connectivity index (χ4v) is 1.85. The van der Waals surface area contributed by atoms with Gasteiger partial charge in [0.05, 0.1) is 17.6 Å². The third-order valence-corrected chi connectivity index (χ3v) is 3.01. The van der Waals surface area contributed by atoms with Crippen molar-refractivity contribution in [3.05, 3.63) is 53.9 Å². The van der Waals surface area contributed by atoms with E-state index in [1.807, 2.05) is 32.3 Å². The zero-order chi connectivity index (χ0) is 13.1. The second-order valence-corrected chi connectivity index (χ2v) is 4.63. The lowest BCUT2D eigenvalue weighted by molar-refractivity contribution is 0.781. The molecule has 0 aliphatic rings. The maximum Gasteiger partial charge on any atom is 0.0594 e. The number of aryl methyl sites for hydroxylation is 1. The highest BCUT2D eigenvalue weighted by molar-refractivity contribution is 5.62. The fourth-order valence-electron chi connectivity index (χ4n) is 1.85. The summed E-state index contributed by atoms with van der Waals surface area (Å²) in [5.41, 5.74) is 10.2. The first kappa shape index (κ1) is 12.6. The molecule has 0 spiro atoms. The van der Waals surface area contributed by atoms with Gasteiger partial charge in [0, 0.05) is 18.8 Å². The van der Waals surface area contributed by atoms with Crippen LogP contribution in [-0.2, 0) is 0 Å². The second kappa shape index (κ2) is 5.19. The van der Waals surface area contributed by atoms with Crippen LogP contribution in [-0.4, -0.2) is 12.0 Å². The van der Waals surface area contributed by atoms with Crippen molar-refractivity contribution in [2.75, 3.05) is 11.9 Å². The summed E-state index contributed by atoms with van der Waals surface area (Å²) >= 11 is 0. The number of pyridine rings is 1. The first-order valence-corrected chi connectivity index (χ1v) is 6.10. The molecule has 0 fully saturated rings. The summed E-state index contributed by atoms with van der Waals surface area (Å²) in [7, 11) is 2.04. The summed E-state index contributed by atoms with van der Waals surface area (Å²) in [5.74, 6) is 0. The number of nitrogens with zero attached hydrogens (tertiary/aromatic N) is 2. The molecule has 2 rings (SSSR count). The Morgan fingerprint density at radius 3 is 2.50 bits per heavy atom. The van der Waals surface area contributed by atoms with Gasteiger partial charge in [-0.05, 0) is 43.7 Å². The van der Waals surface area contributed by atoms with Crippen molar-refractivity contribution in [1.82, 2.24) is 4.98 Å². The molecule has 2 aromatic rings. The van der Waals surface area contributed by atoms with Crippen molar-refractivity contribution < 1.29 is 0 Å². The van der Waals surface area contributed by atoms with Crippen molar-refractivity contribution in [3.8, 4) is 0 Å². The van der Waals surface area contributed by atoms with Crippen molar-refractivity contribution >= 4 is 11.4 Å². The zero-order valence-corrected chi connectivity index (χ0v) is 11.1. The van der Waals surface area contributed by atoms with E-state index < -0.39 is 0 Å². The zero-order valence-electron chi connectivity index (χ0n) is 11.1. The van der Waals surface area contributed by atoms with Gasteiger partial charge in [0.25, 0.3) is 0 Å². The predicted octanol–water partition coefficient (Wildman–Crippen LogP) is 3.18. The van der Waals surface area contributed by atoms with Crippen LogP contribution in [0.4, 0.5) is 11.4 Å². The van der Waals surface area contributed by atoms with Crippen LogP contribution < -0.4 is 10.6 Å². The number of aromatic nitrogens is 1. The average molecular weight is 241 g/mol. The Bertz CT molecular complexity index is 518. The lowest BCUT2D eigenvalue weighted by Gasteiger charge is -2.20. The van der Waals surface area contributed by atoms with Crippen LogP contribution in [0.25, 0.3) is 0 Å². The van der Waals surface area contributed by atoms with Crippen LogP contribution in [0.3, 0.4) is 0 Å². The molecule has 0 unspecified atom stereocenters. The van der Waals surface area contributed by atoms with E-state index >= 15 is 0 Å². The molecule has 0 radical (unpaired) electrons. The summed E-state index contributed by atoms with van der Waals surface area (Å²) in [4.78, 5) is 6.50. The van der Waals surface area contributed by atoms with E-state index in [0.717, 1.165) is 17.1 Å². The lowest BCUT2D eigenvalue weighted by atomic mass is 10.2. The molecule has 1 atom stereocenters. The van der Waals surface area contributed by atoms with Crippen molar-refractivity contribution in [2.24, 2.45) is 5.73 Å². The number of anilines is 2. The standard InChI is InChI=1S/C15H19N3/c1-11-5-4-6-13(9-11)18(3)14-7-8-15(12(2)16)17-10-14/h4-10,12H,16H2,1-3H3/t12-/m1/s1. The highest BCUT2D eigenvalue weighted by atomic mass is 15.1. The van der Waals surface area contributed by atoms with Crippen LogP contribution >= 0.6 is 0 Å². The van der Waals surface area contributed by atoms with Crippen LogP contribution in [0.5, 0.6) is 0 Å². The van der Waals surface area contributed by atoms with Gasteiger partial charge in [-0.1, -0.05) is 12.1 Å². The van der Waals surface area contributed by atoms with E-state index in [1.54, 1.807) is 0 Å². The van der Waals surface area contributed by atoms with Crippen LogP contribution in [0, 0.1) is 6.92 Å². The Morgan fingerprint density at radius 1 is 1.17 bits per heavy atom. The van der Waals surface area contributed by atoms with Gasteiger partial charge in [-0.15, -0.1) is 0 Å². The predicted molar refractivity (Wildman–Crippen MR) is 76.1 cm³/mol. The monoisotopic (exact) mass is 241 g/mol. The van der Waals surface area contributed by atoms with Gasteiger partial charge >= 0.3 is 0 Å². The second-order valence-electron chi connectivity index (χ2n) is 4.63. The Balaban J connectivity index is 2.26. The molecule has 94 valence electrons. The number of hydrogen-bond donors (Lipinski definition) is 1. The van der Waals surface area contributed by atoms with E-state index in [4.69, 9.17) is 5.73 Å². The molecule has 0 aliphatic heterocycles. The molecule has 3 heteroatoms. The molecule has 0 aliphatic carbocycles. The molecule has 1 heterocycles. The maximum absolute atomic E-state index is 5.79. The summed E-state index contributed by atoms with van der Waals surface area (Å²) < 4.78 is 0. The van der Waals surface area contributed by atoms with Crippen LogP contribution in [0.1, 0.15) is 24.2 Å². The van der Waals surface area contributed by atoms with E-state index in [-0.39, 0.29) is 6.04 Å². The van der Waals surface area contributed by atoms with Crippen molar-refractivity contribution in [2.45, 2.75) is 19.9 Å². The first-order chi connectivity index (χ1) is 8.58. The minimum absolute atomic E-state index is 0.0247. The molecule has 0 bridgehead atoms. The molecule has 3 nitrogen and oxygen atoms in total. The van der Waals surface area contributed by atoms with Gasteiger partial charge in [-0.3, -0.25) is 4.98 Å². The smallest absolute Gasteiger partial charge is 0.0594 e. The Morgan fingerprint density at radius 2 is 1.94 bits per heavy atom. The lowest BCUT2D eigenvalue weighted by Crippen LogP contribution is -2.11. The van der Waals surface area contributed by atoms with Gasteiger partial charge in [0.1, 0.15) is 0 Å². The average Bonchev–Trinajstić information content (AvgIpc) is 2.38. The quantitative estimate of drug-likeness (QED) is 0.897. The first-order valence-electron chi connectivity index (χ1n) is 6.10. The normalized spacial score (nSPS) is 12.2. The highest BCUT2D eigenvalue weighted by Gasteiger charge is 2.06. The third-order valence-electron chi connectivity index (χ3n) is 3.01. The topological polar surface area (TPSA) is 42.1 Å². The van der Waals surface area contributed by atoms with Crippen molar-refractivity contribution in [1.29, 1.82) is 0 Å². The summed E-state index contributed by atoms with van der Waals surface area (Å²) in [6.45, 7) is 4.03. The molecule has 2 N–H and O–H groups in total. The van der Waals surface area contributed by atoms with E-state index in [9.17, 15) is 0 Å². The summed E-state index contributed by atoms with van der Waals surface area (Å²) in [6.07, 6.45) is 1.86. The minimum Gasteiger partial charge on any atom is -0.343 e. The number of nitrogens with two attached hydrogens (primary N) is 1. The summed E-state index contributed by atoms with van der Waals surface area (Å²) in [5, 5.41) is 0. The largest absolute Gasteiger partial charge is 0.343 e. The Hall–Kier alpha value is -1.87. The summed E-state index contributed by atoms with van der Waals surface area (Å²) in [6, 6.07) is 12.4. The van der Waals surface area contributed by atoms with Gasteiger partial charge in [0.2, 0.25) is 0 Å². The van der Waals surface area contributed by atoms with Gasteiger partial charge < -0.3 is 10.6 Å². The van der Waals surface area contributed by atoms with Gasteiger partial charge in [-0.25, -0.2) is 0 Å². The van der Waals surface area contributed by atoms with Gasteiger partial charge in [0.15, 0.2) is 0 Å². The Labute approximate surface area is 108 Å². The number of rotatable bonds is 3. The van der Waals surface area contributed by atoms with Gasteiger partial charge in [-0.2, -0.15) is 0 Å². The molecular weight excluding hydrogens is 222 g/mol. The Kier molecular flexibility index (Phi) is 3.63. The highest BCUT2D eigenvalue weighted by Crippen LogP contribution is 2.24. The molecule has 0 amide bonds. The van der Waals surface area contributed by atoms with Crippen molar-refractivity contribution in [3.63, 3.8) is 0 Å². The van der Waals surface area contributed by atoms with E-state index in [1.165, 1.54) is 5.56 Å². The SMILES string of the molecule is Cc1cccc(N(C)c2ccc([C@@H](C)N)nc2)c1. The number of hydrogen-bond acceptors (Lipinski definition) is 3. The molecule has 18 heavy (non-hydrogen) atoms. The molecular formula is C15H19N3. The number of benzene rings is 1. The minimum atomic E-state index is -0.0247. The van der Waals surface area contributed by atoms with E-state index in [0.29, 0.717) is 0 Å². The van der Waals surface area contributed by atoms with E-state index in [2.05, 4.69) is 41.1 Å². The third kappa shape index (κ3) is 2.68. The molecule has 0 saturated heterocycles. The fraction of sp³-hybridized carbons (Fsp3) is 0.267. The van der Waals surface area contributed by atoms with Crippen LogP contribution in [0.15, 0.2) is 42.6 Å². The molecule has 1 aromatic carbocycles. The molecule has 0 saturated carbocycles. The van der Waals surface area contributed by atoms with Crippen LogP contribution in [0.2, 0.25) is 0 Å². The maximum atomic E-state index is 5.79.